The van der Waals surface area contributed by atoms with Crippen LogP contribution in [0.1, 0.15) is 20.7 Å². The highest BCUT2D eigenvalue weighted by molar-refractivity contribution is 6.40. The molecule has 0 radical (unpaired) electrons. The molecule has 0 aromatic heterocycles. The van der Waals surface area contributed by atoms with Crippen molar-refractivity contribution in [2.75, 3.05) is 11.9 Å². The number of hydrogen-bond acceptors (Lipinski definition) is 3. The van der Waals surface area contributed by atoms with Crippen molar-refractivity contribution in [1.29, 1.82) is 0 Å². The Kier molecular flexibility index (Phi) is 4.49. The van der Waals surface area contributed by atoms with Crippen molar-refractivity contribution in [3.63, 3.8) is 0 Å². The van der Waals surface area contributed by atoms with Crippen LogP contribution in [0.15, 0.2) is 36.4 Å². The molecule has 1 heterocycles. The van der Waals surface area contributed by atoms with Gasteiger partial charge in [0.2, 0.25) is 5.91 Å². The Balaban J connectivity index is 1.80. The van der Waals surface area contributed by atoms with Crippen LogP contribution in [0.4, 0.5) is 5.69 Å². The van der Waals surface area contributed by atoms with Gasteiger partial charge in [0.05, 0.1) is 31.9 Å². The molecular weight excluding hydrogens is 375 g/mol. The van der Waals surface area contributed by atoms with Crippen LogP contribution < -0.4 is 5.32 Å². The number of carbonyl (C=O) groups is 3. The quantitative estimate of drug-likeness (QED) is 0.818. The van der Waals surface area contributed by atoms with Crippen LogP contribution in [-0.4, -0.2) is 29.2 Å². The minimum atomic E-state index is -0.610. The van der Waals surface area contributed by atoms with E-state index < -0.39 is 24.3 Å². The van der Waals surface area contributed by atoms with Gasteiger partial charge in [0.1, 0.15) is 6.54 Å². The number of amides is 3. The molecule has 122 valence electrons. The van der Waals surface area contributed by atoms with Crippen molar-refractivity contribution >= 4 is 58.2 Å². The average molecular weight is 384 g/mol. The van der Waals surface area contributed by atoms with Gasteiger partial charge in [0.25, 0.3) is 11.8 Å². The van der Waals surface area contributed by atoms with Crippen molar-refractivity contribution in [3.05, 3.63) is 62.6 Å². The van der Waals surface area contributed by atoms with E-state index in [0.29, 0.717) is 0 Å². The first-order valence-corrected chi connectivity index (χ1v) is 7.92. The molecule has 0 saturated heterocycles. The second kappa shape index (κ2) is 6.43. The van der Waals surface area contributed by atoms with E-state index in [1.165, 1.54) is 12.1 Å². The molecule has 1 aliphatic heterocycles. The normalized spacial score (nSPS) is 13.2. The van der Waals surface area contributed by atoms with Crippen LogP contribution in [0.3, 0.4) is 0 Å². The summed E-state index contributed by atoms with van der Waals surface area (Å²) in [5.74, 6) is -1.78. The first kappa shape index (κ1) is 16.8. The molecule has 0 bridgehead atoms. The minimum absolute atomic E-state index is 0.104. The lowest BCUT2D eigenvalue weighted by Gasteiger charge is -2.14. The Morgan fingerprint density at radius 3 is 2.12 bits per heavy atom. The molecule has 0 spiro atoms. The monoisotopic (exact) mass is 382 g/mol. The van der Waals surface area contributed by atoms with Gasteiger partial charge in [0.15, 0.2) is 0 Å². The van der Waals surface area contributed by atoms with Gasteiger partial charge in [-0.1, -0.05) is 46.9 Å². The molecule has 5 nitrogen and oxygen atoms in total. The molecule has 0 unspecified atom stereocenters. The summed E-state index contributed by atoms with van der Waals surface area (Å²) in [4.78, 5) is 37.7. The number of nitrogens with zero attached hydrogens (tertiary/aromatic N) is 1. The number of fused-ring (bicyclic) bond motifs is 1. The van der Waals surface area contributed by atoms with Gasteiger partial charge in [-0.2, -0.15) is 0 Å². The molecule has 0 atom stereocenters. The standard InChI is InChI=1S/C16H9Cl3N2O3/c17-9-4-1-3-8-13(9)16(24)21(15(8)23)7-12(22)20-14-10(18)5-2-6-11(14)19/h1-6H,7H2,(H,20,22). The van der Waals surface area contributed by atoms with Gasteiger partial charge in [-0.3, -0.25) is 19.3 Å². The second-order valence-corrected chi connectivity index (χ2v) is 6.23. The summed E-state index contributed by atoms with van der Waals surface area (Å²) in [6.45, 7) is -0.468. The van der Waals surface area contributed by atoms with Crippen molar-refractivity contribution in [1.82, 2.24) is 4.90 Å². The zero-order chi connectivity index (χ0) is 17.4. The number of nitrogens with one attached hydrogen (secondary N) is 1. The summed E-state index contributed by atoms with van der Waals surface area (Å²) >= 11 is 17.9. The van der Waals surface area contributed by atoms with Gasteiger partial charge in [-0.05, 0) is 24.3 Å². The van der Waals surface area contributed by atoms with E-state index in [4.69, 9.17) is 34.8 Å². The summed E-state index contributed by atoms with van der Waals surface area (Å²) in [5.41, 5.74) is 0.504. The molecule has 3 rings (SSSR count). The van der Waals surface area contributed by atoms with Crippen molar-refractivity contribution in [2.24, 2.45) is 0 Å². The van der Waals surface area contributed by atoms with E-state index in [2.05, 4.69) is 5.32 Å². The van der Waals surface area contributed by atoms with E-state index in [1.54, 1.807) is 24.3 Å². The fourth-order valence-corrected chi connectivity index (χ4v) is 3.12. The summed E-state index contributed by atoms with van der Waals surface area (Å²) < 4.78 is 0. The highest BCUT2D eigenvalue weighted by atomic mass is 35.5. The first-order valence-electron chi connectivity index (χ1n) is 6.78. The SMILES string of the molecule is O=C(CN1C(=O)c2cccc(Cl)c2C1=O)Nc1c(Cl)cccc1Cl. The number of carbonyl (C=O) groups excluding carboxylic acids is 3. The van der Waals surface area contributed by atoms with Gasteiger partial charge in [0, 0.05) is 0 Å². The Morgan fingerprint density at radius 1 is 0.917 bits per heavy atom. The second-order valence-electron chi connectivity index (χ2n) is 5.00. The molecule has 8 heteroatoms. The third kappa shape index (κ3) is 2.86. The minimum Gasteiger partial charge on any atom is -0.322 e. The average Bonchev–Trinajstić information content (AvgIpc) is 2.77. The number of halogens is 3. The number of benzene rings is 2. The Hall–Kier alpha value is -2.08. The first-order chi connectivity index (χ1) is 11.4. The van der Waals surface area contributed by atoms with Crippen LogP contribution in [0.2, 0.25) is 15.1 Å². The zero-order valence-corrected chi connectivity index (χ0v) is 14.2. The highest BCUT2D eigenvalue weighted by Crippen LogP contribution is 2.31. The van der Waals surface area contributed by atoms with Crippen LogP contribution in [0.25, 0.3) is 0 Å². The van der Waals surface area contributed by atoms with Crippen molar-refractivity contribution in [2.45, 2.75) is 0 Å². The fraction of sp³-hybridized carbons (Fsp3) is 0.0625. The third-order valence-corrected chi connectivity index (χ3v) is 4.42. The smallest absolute Gasteiger partial charge is 0.263 e. The van der Waals surface area contributed by atoms with E-state index in [9.17, 15) is 14.4 Å². The van der Waals surface area contributed by atoms with Crippen LogP contribution in [-0.2, 0) is 4.79 Å². The maximum Gasteiger partial charge on any atom is 0.263 e. The zero-order valence-electron chi connectivity index (χ0n) is 12.0. The summed E-state index contributed by atoms with van der Waals surface area (Å²) in [5, 5.41) is 3.18. The van der Waals surface area contributed by atoms with Crippen molar-refractivity contribution in [3.8, 4) is 0 Å². The Morgan fingerprint density at radius 2 is 1.50 bits per heavy atom. The number of rotatable bonds is 3. The summed E-state index contributed by atoms with van der Waals surface area (Å²) in [6, 6.07) is 9.32. The number of imide groups is 1. The molecule has 2 aromatic carbocycles. The van der Waals surface area contributed by atoms with E-state index in [0.717, 1.165) is 4.90 Å². The number of para-hydroxylation sites is 1. The lowest BCUT2D eigenvalue weighted by atomic mass is 10.1. The molecule has 0 saturated carbocycles. The van der Waals surface area contributed by atoms with E-state index in [1.807, 2.05) is 0 Å². The van der Waals surface area contributed by atoms with E-state index >= 15 is 0 Å². The lowest BCUT2D eigenvalue weighted by Crippen LogP contribution is -2.37. The van der Waals surface area contributed by atoms with Crippen LogP contribution in [0, 0.1) is 0 Å². The van der Waals surface area contributed by atoms with E-state index in [-0.39, 0.29) is 31.9 Å². The highest BCUT2D eigenvalue weighted by Gasteiger charge is 2.38. The van der Waals surface area contributed by atoms with Crippen LogP contribution >= 0.6 is 34.8 Å². The summed E-state index contributed by atoms with van der Waals surface area (Å²) in [7, 11) is 0. The van der Waals surface area contributed by atoms with Crippen molar-refractivity contribution < 1.29 is 14.4 Å². The molecule has 2 aromatic rings. The number of hydrogen-bond donors (Lipinski definition) is 1. The maximum atomic E-state index is 12.3. The summed E-state index contributed by atoms with van der Waals surface area (Å²) in [6.07, 6.45) is 0. The lowest BCUT2D eigenvalue weighted by molar-refractivity contribution is -0.116. The molecule has 24 heavy (non-hydrogen) atoms. The Bertz CT molecular complexity index is 863. The predicted molar refractivity (Wildman–Crippen MR) is 91.9 cm³/mol. The largest absolute Gasteiger partial charge is 0.322 e. The van der Waals surface area contributed by atoms with Gasteiger partial charge >= 0.3 is 0 Å². The molecular formula is C16H9Cl3N2O3. The number of anilines is 1. The molecule has 3 amide bonds. The topological polar surface area (TPSA) is 66.5 Å². The van der Waals surface area contributed by atoms with Crippen LogP contribution in [0.5, 0.6) is 0 Å². The Labute approximate surface area is 152 Å². The maximum absolute atomic E-state index is 12.3. The van der Waals surface area contributed by atoms with Gasteiger partial charge < -0.3 is 5.32 Å². The molecule has 0 aliphatic carbocycles. The molecule has 1 N–H and O–H groups in total. The fourth-order valence-electron chi connectivity index (χ4n) is 2.38. The third-order valence-electron chi connectivity index (χ3n) is 3.48. The van der Waals surface area contributed by atoms with Gasteiger partial charge in [-0.15, -0.1) is 0 Å². The van der Waals surface area contributed by atoms with Gasteiger partial charge in [-0.25, -0.2) is 0 Å². The predicted octanol–water partition coefficient (Wildman–Crippen LogP) is 3.88. The molecule has 1 aliphatic rings. The molecule has 0 fully saturated rings.